The molecule has 0 aromatic heterocycles. The Morgan fingerprint density at radius 3 is 2.86 bits per heavy atom. The number of rotatable bonds is 3. The van der Waals surface area contributed by atoms with Gasteiger partial charge in [-0.15, -0.1) is 0 Å². The molecular formula is C9H15NO3S. The van der Waals surface area contributed by atoms with Crippen molar-refractivity contribution in [2.24, 2.45) is 0 Å². The summed E-state index contributed by atoms with van der Waals surface area (Å²) in [6.45, 7) is 3.48. The molecule has 80 valence electrons. The Kier molecular flexibility index (Phi) is 4.25. The number of carboxylic acid groups (broad SMARTS) is 1. The van der Waals surface area contributed by atoms with Crippen molar-refractivity contribution in [3.63, 3.8) is 0 Å². The van der Waals surface area contributed by atoms with Gasteiger partial charge in [-0.2, -0.15) is 11.8 Å². The lowest BCUT2D eigenvalue weighted by Crippen LogP contribution is -2.42. The summed E-state index contributed by atoms with van der Waals surface area (Å²) in [4.78, 5) is 23.4. The quantitative estimate of drug-likeness (QED) is 0.711. The van der Waals surface area contributed by atoms with Crippen LogP contribution in [0.3, 0.4) is 0 Å². The van der Waals surface area contributed by atoms with Gasteiger partial charge in [0.05, 0.1) is 0 Å². The van der Waals surface area contributed by atoms with Crippen LogP contribution in [0.4, 0.5) is 0 Å². The number of aliphatic carboxylic acids is 1. The van der Waals surface area contributed by atoms with Crippen LogP contribution in [0.25, 0.3) is 0 Å². The highest BCUT2D eigenvalue weighted by Crippen LogP contribution is 2.21. The van der Waals surface area contributed by atoms with Crippen molar-refractivity contribution in [2.45, 2.75) is 25.0 Å². The fourth-order valence-electron chi connectivity index (χ4n) is 1.43. The van der Waals surface area contributed by atoms with Crippen molar-refractivity contribution < 1.29 is 14.7 Å². The van der Waals surface area contributed by atoms with Crippen LogP contribution in [-0.2, 0) is 9.59 Å². The van der Waals surface area contributed by atoms with Gasteiger partial charge in [0.2, 0.25) is 5.91 Å². The highest BCUT2D eigenvalue weighted by molar-refractivity contribution is 8.00. The van der Waals surface area contributed by atoms with Crippen LogP contribution in [0.5, 0.6) is 0 Å². The number of carbonyl (C=O) groups is 2. The number of thioether (sulfide) groups is 1. The average Bonchev–Trinajstić information content (AvgIpc) is 2.17. The second-order valence-electron chi connectivity index (χ2n) is 3.31. The van der Waals surface area contributed by atoms with E-state index in [0.717, 1.165) is 12.2 Å². The Hall–Kier alpha value is -0.710. The van der Waals surface area contributed by atoms with Gasteiger partial charge in [-0.1, -0.05) is 6.92 Å². The predicted octanol–water partition coefficient (Wildman–Crippen LogP) is 0.815. The topological polar surface area (TPSA) is 57.6 Å². The van der Waals surface area contributed by atoms with Crippen LogP contribution >= 0.6 is 11.8 Å². The molecule has 0 bridgehead atoms. The fourth-order valence-corrected chi connectivity index (χ4v) is 2.61. The van der Waals surface area contributed by atoms with Gasteiger partial charge in [0.1, 0.15) is 6.42 Å². The molecule has 1 fully saturated rings. The first kappa shape index (κ1) is 11.4. The molecule has 1 atom stereocenters. The third kappa shape index (κ3) is 3.21. The summed E-state index contributed by atoms with van der Waals surface area (Å²) in [7, 11) is 0. The summed E-state index contributed by atoms with van der Waals surface area (Å²) in [5.74, 6) is -0.373. The maximum atomic E-state index is 11.4. The Balaban J connectivity index is 2.43. The standard InChI is InChI=1S/C9H15NO3S/c1-2-7-6-10(3-4-14-7)8(11)5-9(12)13/h7H,2-6H2,1H3,(H,12,13). The van der Waals surface area contributed by atoms with E-state index in [1.807, 2.05) is 11.8 Å². The summed E-state index contributed by atoms with van der Waals surface area (Å²) in [5, 5.41) is 8.96. The van der Waals surface area contributed by atoms with E-state index in [2.05, 4.69) is 6.92 Å². The second kappa shape index (κ2) is 5.24. The zero-order chi connectivity index (χ0) is 10.6. The van der Waals surface area contributed by atoms with Crippen molar-refractivity contribution in [1.29, 1.82) is 0 Å². The minimum Gasteiger partial charge on any atom is -0.481 e. The molecule has 1 aliphatic heterocycles. The molecule has 5 heteroatoms. The SMILES string of the molecule is CCC1CN(C(=O)CC(=O)O)CCS1. The largest absolute Gasteiger partial charge is 0.481 e. The molecule has 4 nitrogen and oxygen atoms in total. The minimum absolute atomic E-state index is 0.253. The van der Waals surface area contributed by atoms with Crippen LogP contribution in [0.1, 0.15) is 19.8 Å². The number of carbonyl (C=O) groups excluding carboxylic acids is 1. The van der Waals surface area contributed by atoms with Gasteiger partial charge in [-0.3, -0.25) is 9.59 Å². The predicted molar refractivity (Wildman–Crippen MR) is 55.4 cm³/mol. The fraction of sp³-hybridized carbons (Fsp3) is 0.778. The molecule has 0 saturated carbocycles. The highest BCUT2D eigenvalue weighted by atomic mass is 32.2. The zero-order valence-corrected chi connectivity index (χ0v) is 9.05. The van der Waals surface area contributed by atoms with E-state index in [0.29, 0.717) is 18.3 Å². The maximum absolute atomic E-state index is 11.4. The van der Waals surface area contributed by atoms with Crippen molar-refractivity contribution in [1.82, 2.24) is 4.90 Å². The third-order valence-electron chi connectivity index (χ3n) is 2.25. The maximum Gasteiger partial charge on any atom is 0.312 e. The van der Waals surface area contributed by atoms with Crippen LogP contribution in [0.15, 0.2) is 0 Å². The smallest absolute Gasteiger partial charge is 0.312 e. The van der Waals surface area contributed by atoms with E-state index in [9.17, 15) is 9.59 Å². The van der Waals surface area contributed by atoms with E-state index >= 15 is 0 Å². The van der Waals surface area contributed by atoms with Crippen LogP contribution in [0, 0.1) is 0 Å². The molecule has 1 unspecified atom stereocenters. The molecule has 1 aliphatic rings. The summed E-state index contributed by atoms with van der Waals surface area (Å²) in [5.41, 5.74) is 0. The zero-order valence-electron chi connectivity index (χ0n) is 8.23. The summed E-state index contributed by atoms with van der Waals surface area (Å²) in [6.07, 6.45) is 0.655. The average molecular weight is 217 g/mol. The van der Waals surface area contributed by atoms with Gasteiger partial charge in [0, 0.05) is 24.1 Å². The van der Waals surface area contributed by atoms with Gasteiger partial charge in [-0.05, 0) is 6.42 Å². The monoisotopic (exact) mass is 217 g/mol. The van der Waals surface area contributed by atoms with Gasteiger partial charge < -0.3 is 10.0 Å². The summed E-state index contributed by atoms with van der Waals surface area (Å²) >= 11 is 1.86. The van der Waals surface area contributed by atoms with E-state index in [1.54, 1.807) is 4.90 Å². The van der Waals surface area contributed by atoms with Crippen molar-refractivity contribution in [3.05, 3.63) is 0 Å². The minimum atomic E-state index is -1.04. The molecule has 1 N–H and O–H groups in total. The number of hydrogen-bond acceptors (Lipinski definition) is 3. The normalized spacial score (nSPS) is 22.1. The molecule has 0 aromatic rings. The number of nitrogens with zero attached hydrogens (tertiary/aromatic N) is 1. The lowest BCUT2D eigenvalue weighted by Gasteiger charge is -2.31. The van der Waals surface area contributed by atoms with Crippen LogP contribution < -0.4 is 0 Å². The molecule has 0 aliphatic carbocycles. The molecule has 1 rings (SSSR count). The van der Waals surface area contributed by atoms with Gasteiger partial charge in [0.25, 0.3) is 0 Å². The summed E-state index contributed by atoms with van der Waals surface area (Å²) in [6, 6.07) is 0. The summed E-state index contributed by atoms with van der Waals surface area (Å²) < 4.78 is 0. The number of hydrogen-bond donors (Lipinski definition) is 1. The molecule has 14 heavy (non-hydrogen) atoms. The lowest BCUT2D eigenvalue weighted by atomic mass is 10.2. The molecule has 1 saturated heterocycles. The molecule has 1 amide bonds. The van der Waals surface area contributed by atoms with Crippen LogP contribution in [0.2, 0.25) is 0 Å². The van der Waals surface area contributed by atoms with Gasteiger partial charge in [-0.25, -0.2) is 0 Å². The molecule has 1 heterocycles. The van der Waals surface area contributed by atoms with E-state index in [1.165, 1.54) is 0 Å². The lowest BCUT2D eigenvalue weighted by molar-refractivity contribution is -0.144. The molecule has 0 spiro atoms. The highest BCUT2D eigenvalue weighted by Gasteiger charge is 2.23. The van der Waals surface area contributed by atoms with Crippen molar-refractivity contribution in [2.75, 3.05) is 18.8 Å². The molecule has 0 aromatic carbocycles. The first-order chi connectivity index (χ1) is 6.63. The number of amides is 1. The Labute approximate surface area is 87.7 Å². The number of carboxylic acids is 1. The molecule has 0 radical (unpaired) electrons. The van der Waals surface area contributed by atoms with E-state index in [4.69, 9.17) is 5.11 Å². The van der Waals surface area contributed by atoms with Crippen molar-refractivity contribution >= 4 is 23.6 Å². The first-order valence-corrected chi connectivity index (χ1v) is 5.79. The van der Waals surface area contributed by atoms with E-state index < -0.39 is 5.97 Å². The Morgan fingerprint density at radius 2 is 2.29 bits per heavy atom. The molecular weight excluding hydrogens is 202 g/mol. The van der Waals surface area contributed by atoms with Gasteiger partial charge >= 0.3 is 5.97 Å². The first-order valence-electron chi connectivity index (χ1n) is 4.74. The van der Waals surface area contributed by atoms with Crippen molar-refractivity contribution in [3.8, 4) is 0 Å². The van der Waals surface area contributed by atoms with Crippen LogP contribution in [-0.4, -0.2) is 46.0 Å². The van der Waals surface area contributed by atoms with E-state index in [-0.39, 0.29) is 12.3 Å². The Bertz CT molecular complexity index is 232. The Morgan fingerprint density at radius 1 is 1.57 bits per heavy atom. The second-order valence-corrected chi connectivity index (χ2v) is 4.72. The third-order valence-corrected chi connectivity index (χ3v) is 3.62. The van der Waals surface area contributed by atoms with Gasteiger partial charge in [0.15, 0.2) is 0 Å².